The second-order valence-corrected chi connectivity index (χ2v) is 3.93. The summed E-state index contributed by atoms with van der Waals surface area (Å²) in [5, 5.41) is 9.37. The van der Waals surface area contributed by atoms with Crippen LogP contribution in [0.3, 0.4) is 0 Å². The van der Waals surface area contributed by atoms with E-state index in [0.717, 1.165) is 25.7 Å². The molecule has 0 radical (unpaired) electrons. The summed E-state index contributed by atoms with van der Waals surface area (Å²) in [6, 6.07) is -0.546. The van der Waals surface area contributed by atoms with Gasteiger partial charge in [0.1, 0.15) is 0 Å². The number of amides is 1. The molecule has 4 nitrogen and oxygen atoms in total. The third kappa shape index (κ3) is 3.32. The van der Waals surface area contributed by atoms with Gasteiger partial charge in [-0.2, -0.15) is 0 Å². The third-order valence-electron chi connectivity index (χ3n) is 2.71. The minimum absolute atomic E-state index is 0.209. The smallest absolute Gasteiger partial charge is 0.234 e. The first kappa shape index (κ1) is 10.5. The molecular weight excluding hydrogens is 168 g/mol. The van der Waals surface area contributed by atoms with Gasteiger partial charge in [0, 0.05) is 0 Å². The lowest BCUT2D eigenvalue weighted by Gasteiger charge is -2.26. The number of primary amides is 1. The molecular formula is C9H18N2O2. The van der Waals surface area contributed by atoms with Gasteiger partial charge in [-0.1, -0.05) is 12.8 Å². The maximum atomic E-state index is 10.7. The standard InChI is InChI=1S/C9H18N2O2/c10-8(9(11)13)5-6-2-1-3-7(12)4-6/h6-8,12H,1-5,10H2,(H2,11,13). The van der Waals surface area contributed by atoms with Crippen LogP contribution in [0, 0.1) is 5.92 Å². The topological polar surface area (TPSA) is 89.3 Å². The fourth-order valence-electron chi connectivity index (χ4n) is 1.95. The van der Waals surface area contributed by atoms with Crippen molar-refractivity contribution in [3.63, 3.8) is 0 Å². The molecule has 0 aliphatic heterocycles. The molecule has 1 aliphatic carbocycles. The summed E-state index contributed by atoms with van der Waals surface area (Å²) < 4.78 is 0. The van der Waals surface area contributed by atoms with E-state index >= 15 is 0 Å². The Hall–Kier alpha value is -0.610. The molecule has 13 heavy (non-hydrogen) atoms. The van der Waals surface area contributed by atoms with Crippen molar-refractivity contribution in [2.45, 2.75) is 44.2 Å². The van der Waals surface area contributed by atoms with Gasteiger partial charge in [0.25, 0.3) is 0 Å². The molecule has 1 amide bonds. The number of rotatable bonds is 3. The number of hydrogen-bond donors (Lipinski definition) is 3. The molecule has 76 valence electrons. The highest BCUT2D eigenvalue weighted by Gasteiger charge is 2.23. The molecule has 0 heterocycles. The minimum atomic E-state index is -0.546. The molecule has 0 aromatic carbocycles. The van der Waals surface area contributed by atoms with E-state index in [1.807, 2.05) is 0 Å². The summed E-state index contributed by atoms with van der Waals surface area (Å²) >= 11 is 0. The van der Waals surface area contributed by atoms with Crippen LogP contribution < -0.4 is 11.5 Å². The van der Waals surface area contributed by atoms with E-state index in [1.165, 1.54) is 0 Å². The summed E-state index contributed by atoms with van der Waals surface area (Å²) in [4.78, 5) is 10.7. The molecule has 1 rings (SSSR count). The van der Waals surface area contributed by atoms with E-state index in [4.69, 9.17) is 11.5 Å². The first-order valence-electron chi connectivity index (χ1n) is 4.82. The van der Waals surface area contributed by atoms with Crippen LogP contribution in [0.15, 0.2) is 0 Å². The molecule has 4 heteroatoms. The first-order chi connectivity index (χ1) is 6.09. The molecule has 0 spiro atoms. The Labute approximate surface area is 78.3 Å². The van der Waals surface area contributed by atoms with Crippen molar-refractivity contribution in [3.8, 4) is 0 Å². The molecule has 3 unspecified atom stereocenters. The monoisotopic (exact) mass is 186 g/mol. The van der Waals surface area contributed by atoms with Crippen LogP contribution in [-0.4, -0.2) is 23.2 Å². The molecule has 0 aromatic heterocycles. The lowest BCUT2D eigenvalue weighted by Crippen LogP contribution is -2.39. The molecule has 0 bridgehead atoms. The number of carbonyl (C=O) groups excluding carboxylic acids is 1. The molecule has 0 saturated heterocycles. The van der Waals surface area contributed by atoms with Gasteiger partial charge in [0.15, 0.2) is 0 Å². The Kier molecular flexibility index (Phi) is 3.69. The Morgan fingerprint density at radius 1 is 1.54 bits per heavy atom. The Bertz CT molecular complexity index is 184. The Morgan fingerprint density at radius 2 is 2.23 bits per heavy atom. The number of hydrogen-bond acceptors (Lipinski definition) is 3. The van der Waals surface area contributed by atoms with E-state index in [9.17, 15) is 9.90 Å². The predicted octanol–water partition coefficient (Wildman–Crippen LogP) is -0.260. The predicted molar refractivity (Wildman–Crippen MR) is 49.8 cm³/mol. The van der Waals surface area contributed by atoms with Gasteiger partial charge in [-0.15, -0.1) is 0 Å². The Morgan fingerprint density at radius 3 is 2.77 bits per heavy atom. The largest absolute Gasteiger partial charge is 0.393 e. The first-order valence-corrected chi connectivity index (χ1v) is 4.82. The van der Waals surface area contributed by atoms with Crippen molar-refractivity contribution < 1.29 is 9.90 Å². The van der Waals surface area contributed by atoms with Crippen molar-refractivity contribution in [1.82, 2.24) is 0 Å². The van der Waals surface area contributed by atoms with Crippen molar-refractivity contribution in [1.29, 1.82) is 0 Å². The summed E-state index contributed by atoms with van der Waals surface area (Å²) in [7, 11) is 0. The number of aliphatic hydroxyl groups is 1. The number of nitrogens with two attached hydrogens (primary N) is 2. The van der Waals surface area contributed by atoms with Crippen LogP contribution in [0.25, 0.3) is 0 Å². The highest BCUT2D eigenvalue weighted by Crippen LogP contribution is 2.27. The zero-order valence-electron chi connectivity index (χ0n) is 7.78. The average Bonchev–Trinajstić information content (AvgIpc) is 2.04. The van der Waals surface area contributed by atoms with Gasteiger partial charge in [0.2, 0.25) is 5.91 Å². The van der Waals surface area contributed by atoms with E-state index in [-0.39, 0.29) is 6.10 Å². The average molecular weight is 186 g/mol. The SMILES string of the molecule is NC(=O)C(N)CC1CCCC(O)C1. The van der Waals surface area contributed by atoms with Gasteiger partial charge < -0.3 is 16.6 Å². The number of aliphatic hydroxyl groups excluding tert-OH is 1. The van der Waals surface area contributed by atoms with Crippen LogP contribution in [0.1, 0.15) is 32.1 Å². The summed E-state index contributed by atoms with van der Waals surface area (Å²) in [5.74, 6) is -0.0775. The fourth-order valence-corrected chi connectivity index (χ4v) is 1.95. The quantitative estimate of drug-likeness (QED) is 0.567. The zero-order chi connectivity index (χ0) is 9.84. The molecule has 1 aliphatic rings. The van der Waals surface area contributed by atoms with Gasteiger partial charge in [0.05, 0.1) is 12.1 Å². The molecule has 5 N–H and O–H groups in total. The normalized spacial score (nSPS) is 31.2. The zero-order valence-corrected chi connectivity index (χ0v) is 7.78. The van der Waals surface area contributed by atoms with Gasteiger partial charge in [-0.25, -0.2) is 0 Å². The second kappa shape index (κ2) is 4.58. The minimum Gasteiger partial charge on any atom is -0.393 e. The van der Waals surface area contributed by atoms with E-state index in [2.05, 4.69) is 0 Å². The summed E-state index contributed by atoms with van der Waals surface area (Å²) in [5.41, 5.74) is 10.6. The van der Waals surface area contributed by atoms with Crippen molar-refractivity contribution in [3.05, 3.63) is 0 Å². The van der Waals surface area contributed by atoms with E-state index in [0.29, 0.717) is 12.3 Å². The van der Waals surface area contributed by atoms with Crippen LogP contribution in [0.4, 0.5) is 0 Å². The van der Waals surface area contributed by atoms with E-state index in [1.54, 1.807) is 0 Å². The third-order valence-corrected chi connectivity index (χ3v) is 2.71. The molecule has 1 fully saturated rings. The van der Waals surface area contributed by atoms with Gasteiger partial charge >= 0.3 is 0 Å². The van der Waals surface area contributed by atoms with Crippen LogP contribution in [0.5, 0.6) is 0 Å². The fraction of sp³-hybridized carbons (Fsp3) is 0.889. The maximum Gasteiger partial charge on any atom is 0.234 e. The van der Waals surface area contributed by atoms with Crippen molar-refractivity contribution in [2.75, 3.05) is 0 Å². The van der Waals surface area contributed by atoms with Crippen molar-refractivity contribution >= 4 is 5.91 Å². The highest BCUT2D eigenvalue weighted by molar-refractivity contribution is 5.79. The maximum absolute atomic E-state index is 10.7. The molecule has 0 aromatic rings. The van der Waals surface area contributed by atoms with Crippen LogP contribution >= 0.6 is 0 Å². The molecule has 1 saturated carbocycles. The van der Waals surface area contributed by atoms with Crippen LogP contribution in [0.2, 0.25) is 0 Å². The summed E-state index contributed by atoms with van der Waals surface area (Å²) in [6.45, 7) is 0. The lowest BCUT2D eigenvalue weighted by atomic mass is 9.83. The van der Waals surface area contributed by atoms with Gasteiger partial charge in [-0.05, 0) is 25.2 Å². The van der Waals surface area contributed by atoms with Crippen molar-refractivity contribution in [2.24, 2.45) is 17.4 Å². The van der Waals surface area contributed by atoms with Gasteiger partial charge in [-0.3, -0.25) is 4.79 Å². The Balaban J connectivity index is 2.31. The lowest BCUT2D eigenvalue weighted by molar-refractivity contribution is -0.119. The van der Waals surface area contributed by atoms with Crippen LogP contribution in [-0.2, 0) is 4.79 Å². The number of carbonyl (C=O) groups is 1. The van der Waals surface area contributed by atoms with E-state index < -0.39 is 11.9 Å². The highest BCUT2D eigenvalue weighted by atomic mass is 16.3. The summed E-state index contributed by atoms with van der Waals surface area (Å²) in [6.07, 6.45) is 4.13. The molecule has 3 atom stereocenters. The second-order valence-electron chi connectivity index (χ2n) is 3.93.